The molecule has 3 rings (SSSR count). The highest BCUT2D eigenvalue weighted by Gasteiger charge is 2.62. The van der Waals surface area contributed by atoms with E-state index in [0.717, 1.165) is 5.56 Å². The Balaban J connectivity index is 1.39. The summed E-state index contributed by atoms with van der Waals surface area (Å²) in [5.41, 5.74) is 0.846. The molecular weight excluding hydrogens is 352 g/mol. The molecule has 1 aliphatic carbocycles. The molecule has 0 radical (unpaired) electrons. The van der Waals surface area contributed by atoms with Crippen molar-refractivity contribution in [3.05, 3.63) is 34.9 Å². The minimum Gasteiger partial charge on any atom is -0.351 e. The summed E-state index contributed by atoms with van der Waals surface area (Å²) >= 11 is 6.04. The van der Waals surface area contributed by atoms with E-state index in [2.05, 4.69) is 5.32 Å². The monoisotopic (exact) mass is 371 g/mol. The standard InChI is InChI=1S/C17H20ClF2N3O2/c18-14-4-2-1-3-12(14)10-21-15(24)11-22-5-7-23(8-6-22)16(25)13-9-17(13,19)20/h1-4,13H,5-11H2,(H,21,24). The summed E-state index contributed by atoms with van der Waals surface area (Å²) in [4.78, 5) is 27.4. The fraction of sp³-hybridized carbons (Fsp3) is 0.529. The van der Waals surface area contributed by atoms with E-state index in [9.17, 15) is 18.4 Å². The van der Waals surface area contributed by atoms with E-state index in [1.807, 2.05) is 23.1 Å². The molecule has 1 saturated heterocycles. The van der Waals surface area contributed by atoms with Gasteiger partial charge in [-0.2, -0.15) is 0 Å². The van der Waals surface area contributed by atoms with Crippen molar-refractivity contribution in [1.29, 1.82) is 0 Å². The van der Waals surface area contributed by atoms with Crippen molar-refractivity contribution in [1.82, 2.24) is 15.1 Å². The van der Waals surface area contributed by atoms with E-state index >= 15 is 0 Å². The Morgan fingerprint density at radius 2 is 1.84 bits per heavy atom. The molecule has 136 valence electrons. The molecule has 1 aromatic rings. The minimum absolute atomic E-state index is 0.131. The highest BCUT2D eigenvalue weighted by Crippen LogP contribution is 2.49. The maximum atomic E-state index is 13.0. The molecule has 0 bridgehead atoms. The van der Waals surface area contributed by atoms with Crippen LogP contribution in [0.15, 0.2) is 24.3 Å². The Kier molecular flexibility index (Phi) is 5.24. The number of nitrogens with one attached hydrogen (secondary N) is 1. The highest BCUT2D eigenvalue weighted by molar-refractivity contribution is 6.31. The number of amides is 2. The van der Waals surface area contributed by atoms with Crippen LogP contribution in [0.25, 0.3) is 0 Å². The lowest BCUT2D eigenvalue weighted by Crippen LogP contribution is -2.51. The largest absolute Gasteiger partial charge is 0.351 e. The van der Waals surface area contributed by atoms with Crippen molar-refractivity contribution >= 4 is 23.4 Å². The molecule has 25 heavy (non-hydrogen) atoms. The fourth-order valence-electron chi connectivity index (χ4n) is 2.92. The molecule has 1 aromatic carbocycles. The van der Waals surface area contributed by atoms with Crippen LogP contribution < -0.4 is 5.32 Å². The zero-order valence-electron chi connectivity index (χ0n) is 13.7. The second kappa shape index (κ2) is 7.25. The van der Waals surface area contributed by atoms with E-state index in [-0.39, 0.29) is 18.9 Å². The molecule has 0 spiro atoms. The SMILES string of the molecule is O=C(CN1CCN(C(=O)C2CC2(F)F)CC1)NCc1ccccc1Cl. The van der Waals surface area contributed by atoms with Crippen LogP contribution in [-0.2, 0) is 16.1 Å². The van der Waals surface area contributed by atoms with Gasteiger partial charge in [-0.05, 0) is 11.6 Å². The van der Waals surface area contributed by atoms with Gasteiger partial charge in [-0.1, -0.05) is 29.8 Å². The Labute approximate surface area is 149 Å². The van der Waals surface area contributed by atoms with Gasteiger partial charge in [0, 0.05) is 44.2 Å². The maximum Gasteiger partial charge on any atom is 0.260 e. The van der Waals surface area contributed by atoms with Crippen LogP contribution in [0.4, 0.5) is 8.78 Å². The van der Waals surface area contributed by atoms with Gasteiger partial charge in [0.25, 0.3) is 5.92 Å². The van der Waals surface area contributed by atoms with Gasteiger partial charge in [-0.15, -0.1) is 0 Å². The van der Waals surface area contributed by atoms with E-state index in [1.165, 1.54) is 4.90 Å². The van der Waals surface area contributed by atoms with E-state index < -0.39 is 17.7 Å². The molecule has 5 nitrogen and oxygen atoms in total. The summed E-state index contributed by atoms with van der Waals surface area (Å²) in [7, 11) is 0. The van der Waals surface area contributed by atoms with E-state index in [4.69, 9.17) is 11.6 Å². The summed E-state index contributed by atoms with van der Waals surface area (Å²) in [5.74, 6) is -4.56. The molecule has 2 aliphatic rings. The number of hydrogen-bond donors (Lipinski definition) is 1. The molecule has 1 N–H and O–H groups in total. The van der Waals surface area contributed by atoms with Gasteiger partial charge < -0.3 is 10.2 Å². The molecule has 1 heterocycles. The molecule has 2 amide bonds. The lowest BCUT2D eigenvalue weighted by atomic mass is 10.2. The number of halogens is 3. The summed E-state index contributed by atoms with van der Waals surface area (Å²) in [5, 5.41) is 3.42. The third-order valence-electron chi connectivity index (χ3n) is 4.61. The minimum atomic E-state index is -2.83. The van der Waals surface area contributed by atoms with Gasteiger partial charge in [0.1, 0.15) is 5.92 Å². The van der Waals surface area contributed by atoms with Crippen LogP contribution >= 0.6 is 11.6 Å². The average Bonchev–Trinajstić information content (AvgIpc) is 3.22. The van der Waals surface area contributed by atoms with Gasteiger partial charge in [0.2, 0.25) is 11.8 Å². The number of piperazine rings is 1. The second-order valence-electron chi connectivity index (χ2n) is 6.49. The van der Waals surface area contributed by atoms with Crippen LogP contribution in [0.5, 0.6) is 0 Å². The first-order chi connectivity index (χ1) is 11.9. The molecule has 1 aliphatic heterocycles. The van der Waals surface area contributed by atoms with Gasteiger partial charge in [-0.3, -0.25) is 14.5 Å². The number of alkyl halides is 2. The van der Waals surface area contributed by atoms with Gasteiger partial charge in [-0.25, -0.2) is 8.78 Å². The number of carbonyl (C=O) groups excluding carboxylic acids is 2. The smallest absolute Gasteiger partial charge is 0.260 e. The van der Waals surface area contributed by atoms with Crippen LogP contribution in [0.2, 0.25) is 5.02 Å². The molecule has 0 aromatic heterocycles. The van der Waals surface area contributed by atoms with Crippen LogP contribution in [-0.4, -0.2) is 60.3 Å². The van der Waals surface area contributed by atoms with Crippen molar-refractivity contribution in [2.75, 3.05) is 32.7 Å². The van der Waals surface area contributed by atoms with Crippen molar-refractivity contribution in [3.63, 3.8) is 0 Å². The Hall–Kier alpha value is -1.73. The van der Waals surface area contributed by atoms with Gasteiger partial charge >= 0.3 is 0 Å². The lowest BCUT2D eigenvalue weighted by molar-refractivity contribution is -0.136. The fourth-order valence-corrected chi connectivity index (χ4v) is 3.13. The first kappa shape index (κ1) is 18.1. The second-order valence-corrected chi connectivity index (χ2v) is 6.89. The summed E-state index contributed by atoms with van der Waals surface area (Å²) < 4.78 is 26.0. The van der Waals surface area contributed by atoms with Crippen molar-refractivity contribution in [2.45, 2.75) is 18.9 Å². The lowest BCUT2D eigenvalue weighted by Gasteiger charge is -2.34. The van der Waals surface area contributed by atoms with E-state index in [1.54, 1.807) is 6.07 Å². The Bertz CT molecular complexity index is 663. The summed E-state index contributed by atoms with van der Waals surface area (Å²) in [6, 6.07) is 7.29. The van der Waals surface area contributed by atoms with Crippen LogP contribution in [0, 0.1) is 5.92 Å². The predicted molar refractivity (Wildman–Crippen MR) is 89.4 cm³/mol. The van der Waals surface area contributed by atoms with Crippen molar-refractivity contribution in [3.8, 4) is 0 Å². The van der Waals surface area contributed by atoms with Gasteiger partial charge in [0.15, 0.2) is 0 Å². The zero-order valence-corrected chi connectivity index (χ0v) is 14.4. The Morgan fingerprint density at radius 1 is 1.20 bits per heavy atom. The van der Waals surface area contributed by atoms with Crippen LogP contribution in [0.3, 0.4) is 0 Å². The van der Waals surface area contributed by atoms with Crippen molar-refractivity contribution in [2.24, 2.45) is 5.92 Å². The maximum absolute atomic E-state index is 13.0. The number of hydrogen-bond acceptors (Lipinski definition) is 3. The molecular formula is C17H20ClF2N3O2. The molecule has 2 fully saturated rings. The summed E-state index contributed by atoms with van der Waals surface area (Å²) in [6.45, 7) is 2.33. The van der Waals surface area contributed by atoms with Gasteiger partial charge in [0.05, 0.1) is 6.54 Å². The number of rotatable bonds is 5. The van der Waals surface area contributed by atoms with Crippen LogP contribution in [0.1, 0.15) is 12.0 Å². The summed E-state index contributed by atoms with van der Waals surface area (Å²) in [6.07, 6.45) is -0.337. The van der Waals surface area contributed by atoms with E-state index in [0.29, 0.717) is 37.7 Å². The average molecular weight is 372 g/mol. The molecule has 1 atom stereocenters. The number of carbonyl (C=O) groups is 2. The number of benzene rings is 1. The number of nitrogens with zero attached hydrogens (tertiary/aromatic N) is 2. The normalized spacial score (nSPS) is 22.5. The third kappa shape index (κ3) is 4.46. The molecule has 1 saturated carbocycles. The van der Waals surface area contributed by atoms with Crippen molar-refractivity contribution < 1.29 is 18.4 Å². The topological polar surface area (TPSA) is 52.7 Å². The first-order valence-corrected chi connectivity index (χ1v) is 8.64. The zero-order chi connectivity index (χ0) is 18.0. The predicted octanol–water partition coefficient (Wildman–Crippen LogP) is 1.76. The molecule has 1 unspecified atom stereocenters. The quantitative estimate of drug-likeness (QED) is 0.858. The first-order valence-electron chi connectivity index (χ1n) is 8.26. The molecule has 8 heteroatoms. The Morgan fingerprint density at radius 3 is 2.44 bits per heavy atom. The third-order valence-corrected chi connectivity index (χ3v) is 4.98. The highest BCUT2D eigenvalue weighted by atomic mass is 35.5.